The number of aromatic nitrogens is 4. The number of fused-ring (bicyclic) bond motifs is 8. The van der Waals surface area contributed by atoms with Gasteiger partial charge in [0.05, 0.1) is 29.9 Å². The second kappa shape index (κ2) is 11.8. The molecule has 8 bridgehead atoms. The summed E-state index contributed by atoms with van der Waals surface area (Å²) in [7, 11) is 1.23. The molecule has 10 heteroatoms. The van der Waals surface area contributed by atoms with Crippen LogP contribution in [0.15, 0.2) is 36.9 Å². The van der Waals surface area contributed by atoms with Crippen LogP contribution in [0.2, 0.25) is 0 Å². The van der Waals surface area contributed by atoms with Crippen molar-refractivity contribution < 1.29 is 24.2 Å². The molecular weight excluding hydrogens is 581 g/mol. The van der Waals surface area contributed by atoms with Gasteiger partial charge < -0.3 is 19.8 Å². The third-order valence-corrected chi connectivity index (χ3v) is 8.71. The first-order valence-electron chi connectivity index (χ1n) is 14.3. The zero-order valence-electron chi connectivity index (χ0n) is 26.0. The number of hydrogen-bond acceptors (Lipinski definition) is 6. The van der Waals surface area contributed by atoms with Gasteiger partial charge in [-0.1, -0.05) is 48.9 Å². The van der Waals surface area contributed by atoms with Crippen LogP contribution in [0.5, 0.6) is 0 Å². The number of Topliss-reactive ketones (excluding diaryl/α,β-unsaturated/α-hetero) is 1. The number of carbonyl (C=O) groups excluding carboxylic acids is 2. The third kappa shape index (κ3) is 4.88. The fourth-order valence-electron chi connectivity index (χ4n) is 6.33. The minimum Gasteiger partial charge on any atom is -0.657 e. The zero-order valence-corrected chi connectivity index (χ0v) is 27.4. The number of aliphatic carboxylic acids is 1. The number of ether oxygens (including phenoxy) is 1. The van der Waals surface area contributed by atoms with Crippen molar-refractivity contribution in [1.29, 1.82) is 0 Å². The molecule has 0 saturated carbocycles. The fourth-order valence-corrected chi connectivity index (χ4v) is 6.33. The molecule has 1 atom stereocenters. The number of carbonyl (C=O) groups is 3. The summed E-state index contributed by atoms with van der Waals surface area (Å²) < 4.78 is 5.08. The van der Waals surface area contributed by atoms with Gasteiger partial charge in [0.15, 0.2) is 5.78 Å². The molecule has 0 fully saturated rings. The predicted octanol–water partition coefficient (Wildman–Crippen LogP) is 5.82. The van der Waals surface area contributed by atoms with Crippen molar-refractivity contribution in [3.05, 3.63) is 87.5 Å². The number of ketones is 1. The van der Waals surface area contributed by atoms with E-state index in [0.29, 0.717) is 50.2 Å². The molecule has 2 aliphatic heterocycles. The van der Waals surface area contributed by atoms with Crippen molar-refractivity contribution in [3.8, 4) is 0 Å². The molecule has 222 valence electrons. The Morgan fingerprint density at radius 3 is 2.27 bits per heavy atom. The van der Waals surface area contributed by atoms with Gasteiger partial charge in [0.1, 0.15) is 5.92 Å². The van der Waals surface area contributed by atoms with Gasteiger partial charge in [-0.3, -0.25) is 9.59 Å². The topological polar surface area (TPSA) is 135 Å². The van der Waals surface area contributed by atoms with E-state index in [9.17, 15) is 19.5 Å². The molecule has 0 spiro atoms. The summed E-state index contributed by atoms with van der Waals surface area (Å²) in [6.45, 7) is 13.7. The van der Waals surface area contributed by atoms with Crippen molar-refractivity contribution in [2.24, 2.45) is 0 Å². The van der Waals surface area contributed by atoms with Crippen LogP contribution in [0.1, 0.15) is 88.5 Å². The Hall–Kier alpha value is -4.54. The summed E-state index contributed by atoms with van der Waals surface area (Å²) >= 11 is 0. The number of nitrogens with zero attached hydrogens (tertiary/aromatic N) is 4. The van der Waals surface area contributed by atoms with Crippen LogP contribution in [0.4, 0.5) is 0 Å². The Kier molecular flexibility index (Phi) is 8.32. The average Bonchev–Trinajstić information content (AvgIpc) is 3.72. The van der Waals surface area contributed by atoms with E-state index < -0.39 is 23.6 Å². The summed E-state index contributed by atoms with van der Waals surface area (Å²) in [5.41, 5.74) is 10.8. The van der Waals surface area contributed by atoms with E-state index in [2.05, 4.69) is 13.5 Å². The van der Waals surface area contributed by atoms with Gasteiger partial charge in [-0.2, -0.15) is 0 Å². The normalized spacial score (nSPS) is 15.6. The molecule has 1 unspecified atom stereocenters. The SMILES string of the molecule is C=Cc1c(C)c2cc3nc(c4c5[n-]c(cc6nc(cc1[n-]2)C(C)=C6CC)c(C)c5C(=O)C4C(=O)OC)C(/C=C/C(=O)O)=C3C.[Mg+2]. The number of carboxylic acid groups (broad SMARTS) is 1. The molecule has 0 aromatic carbocycles. The number of carboxylic acids is 1. The summed E-state index contributed by atoms with van der Waals surface area (Å²) in [5.74, 6) is -3.62. The van der Waals surface area contributed by atoms with Crippen LogP contribution in [0.3, 0.4) is 0 Å². The van der Waals surface area contributed by atoms with Gasteiger partial charge in [0.2, 0.25) is 0 Å². The Morgan fingerprint density at radius 1 is 0.978 bits per heavy atom. The molecule has 0 radical (unpaired) electrons. The van der Waals surface area contributed by atoms with Crippen molar-refractivity contribution >= 4 is 91.2 Å². The summed E-state index contributed by atoms with van der Waals surface area (Å²) in [5, 5.41) is 9.48. The van der Waals surface area contributed by atoms with Crippen molar-refractivity contribution in [3.63, 3.8) is 0 Å². The number of esters is 1. The fraction of sp³-hybridized carbons (Fsp3) is 0.229. The van der Waals surface area contributed by atoms with E-state index in [1.165, 1.54) is 13.2 Å². The van der Waals surface area contributed by atoms with Crippen LogP contribution >= 0.6 is 0 Å². The van der Waals surface area contributed by atoms with Crippen LogP contribution in [-0.4, -0.2) is 63.0 Å². The van der Waals surface area contributed by atoms with Crippen LogP contribution in [-0.2, 0) is 14.3 Å². The number of aryl methyl sites for hydroxylation is 2. The molecule has 5 heterocycles. The zero-order chi connectivity index (χ0) is 31.6. The van der Waals surface area contributed by atoms with E-state index in [-0.39, 0.29) is 28.6 Å². The first kappa shape index (κ1) is 31.9. The maximum atomic E-state index is 13.9. The number of rotatable bonds is 5. The molecule has 0 saturated heterocycles. The van der Waals surface area contributed by atoms with Crippen molar-refractivity contribution in [1.82, 2.24) is 19.9 Å². The van der Waals surface area contributed by atoms with Crippen LogP contribution < -0.4 is 9.97 Å². The summed E-state index contributed by atoms with van der Waals surface area (Å²) in [6, 6.07) is 5.65. The Morgan fingerprint density at radius 2 is 1.62 bits per heavy atom. The van der Waals surface area contributed by atoms with Gasteiger partial charge in [-0.25, -0.2) is 14.8 Å². The molecule has 6 rings (SSSR count). The third-order valence-electron chi connectivity index (χ3n) is 8.71. The number of hydrogen-bond donors (Lipinski definition) is 1. The van der Waals surface area contributed by atoms with Crippen molar-refractivity contribution in [2.45, 2.75) is 47.0 Å². The van der Waals surface area contributed by atoms with E-state index in [1.54, 1.807) is 13.0 Å². The second-order valence-corrected chi connectivity index (χ2v) is 11.0. The van der Waals surface area contributed by atoms with Gasteiger partial charge in [-0.15, -0.1) is 22.1 Å². The van der Waals surface area contributed by atoms with E-state index >= 15 is 0 Å². The molecule has 3 aromatic rings. The largest absolute Gasteiger partial charge is 2.00 e. The summed E-state index contributed by atoms with van der Waals surface area (Å²) in [4.78, 5) is 58.4. The van der Waals surface area contributed by atoms with E-state index in [0.717, 1.165) is 51.7 Å². The first-order chi connectivity index (χ1) is 21.0. The maximum Gasteiger partial charge on any atom is 2.00 e. The smallest absolute Gasteiger partial charge is 0.657 e. The standard InChI is InChI=1S/C35H32N4O5.Mg/c1-8-19-15(3)22-12-24-17(5)21(10-11-28(40)41)32(38-24)30-31(35(43)44-7)34(42)29-18(6)25(39-33(29)30)14-27-20(9-2)16(4)23(37-27)13-26(19)36-22;/h8,10-14,31H,1,9H2,2-7H3,(H3,36,37,38,39,40,41,42);/q;+2/p-2/b11-10+,22-12?,23-13?,24-12?,25-14?,26-13?,27-14?,32-30?;. The van der Waals surface area contributed by atoms with E-state index in [4.69, 9.17) is 24.7 Å². The average molecular weight is 611 g/mol. The van der Waals surface area contributed by atoms with Crippen LogP contribution in [0, 0.1) is 13.8 Å². The van der Waals surface area contributed by atoms with Gasteiger partial charge >= 0.3 is 35.0 Å². The minimum absolute atomic E-state index is 0. The molecule has 0 amide bonds. The Balaban J connectivity index is 0.00000400. The molecule has 1 N–H and O–H groups in total. The number of methoxy groups -OCH3 is 1. The maximum absolute atomic E-state index is 13.9. The molecule has 9 nitrogen and oxygen atoms in total. The molecular formula is C35H30MgN4O5. The van der Waals surface area contributed by atoms with Crippen molar-refractivity contribution in [2.75, 3.05) is 7.11 Å². The minimum atomic E-state index is -1.30. The molecule has 3 aliphatic rings. The van der Waals surface area contributed by atoms with Gasteiger partial charge in [-0.05, 0) is 68.0 Å². The first-order valence-corrected chi connectivity index (χ1v) is 14.3. The molecule has 1 aliphatic carbocycles. The Bertz CT molecular complexity index is 2130. The van der Waals surface area contributed by atoms with Crippen LogP contribution in [0.25, 0.3) is 50.4 Å². The van der Waals surface area contributed by atoms with E-state index in [1.807, 2.05) is 39.0 Å². The van der Waals surface area contributed by atoms with Gasteiger partial charge in [0.25, 0.3) is 0 Å². The molecule has 45 heavy (non-hydrogen) atoms. The quantitative estimate of drug-likeness (QED) is 0.164. The monoisotopic (exact) mass is 610 g/mol. The molecule has 3 aromatic heterocycles. The number of allylic oxidation sites excluding steroid dienone is 5. The predicted molar refractivity (Wildman–Crippen MR) is 175 cm³/mol. The summed E-state index contributed by atoms with van der Waals surface area (Å²) in [6.07, 6.45) is 4.95. The second-order valence-electron chi connectivity index (χ2n) is 11.0. The van der Waals surface area contributed by atoms with Gasteiger partial charge in [0, 0.05) is 17.2 Å². The Labute approximate surface area is 276 Å².